The van der Waals surface area contributed by atoms with Crippen LogP contribution in [0.15, 0.2) is 33.4 Å². The van der Waals surface area contributed by atoms with E-state index in [4.69, 9.17) is 53.8 Å². The molecule has 1 aliphatic heterocycles. The second kappa shape index (κ2) is 12.9. The summed E-state index contributed by atoms with van der Waals surface area (Å²) in [5.74, 6) is -1.91. The van der Waals surface area contributed by atoms with Crippen molar-refractivity contribution < 1.29 is 33.3 Å². The third-order valence-electron chi connectivity index (χ3n) is 5.49. The van der Waals surface area contributed by atoms with Crippen LogP contribution in [0.5, 0.6) is 0 Å². The van der Waals surface area contributed by atoms with E-state index in [1.165, 1.54) is 31.6 Å². The summed E-state index contributed by atoms with van der Waals surface area (Å²) >= 11 is 20.6. The molecule has 5 atom stereocenters. The molecule has 1 N–H and O–H groups in total. The van der Waals surface area contributed by atoms with Crippen LogP contribution in [-0.2, 0) is 33.3 Å². The lowest BCUT2D eigenvalue weighted by Crippen LogP contribution is -2.57. The molecule has 0 spiro atoms. The Morgan fingerprint density at radius 2 is 1.73 bits per heavy atom. The smallest absolute Gasteiger partial charge is 0.304 e. The van der Waals surface area contributed by atoms with E-state index >= 15 is 0 Å². The fourth-order valence-corrected chi connectivity index (χ4v) is 6.45. The number of esters is 3. The second-order valence-electron chi connectivity index (χ2n) is 8.45. The number of hydrogen-bond donors (Lipinski definition) is 1. The fourth-order valence-electron chi connectivity index (χ4n) is 3.96. The molecule has 3 aromatic rings. The van der Waals surface area contributed by atoms with Crippen LogP contribution >= 0.6 is 57.9 Å². The van der Waals surface area contributed by atoms with Gasteiger partial charge in [-0.1, -0.05) is 63.1 Å². The van der Waals surface area contributed by atoms with Crippen LogP contribution in [-0.4, -0.2) is 68.2 Å². The van der Waals surface area contributed by atoms with Gasteiger partial charge in [0.15, 0.2) is 12.2 Å². The number of H-pyrrole nitrogens is 1. The summed E-state index contributed by atoms with van der Waals surface area (Å²) in [4.78, 5) is 50.7. The number of rotatable bonds is 8. The zero-order valence-corrected chi connectivity index (χ0v) is 24.9. The topological polar surface area (TPSA) is 152 Å². The molecule has 214 valence electrons. The minimum Gasteiger partial charge on any atom is -0.463 e. The molecule has 1 saturated heterocycles. The molecule has 17 heteroatoms. The fraction of sp³-hybridized carbons (Fsp3) is 0.391. The van der Waals surface area contributed by atoms with E-state index in [0.717, 1.165) is 23.1 Å². The van der Waals surface area contributed by atoms with Gasteiger partial charge in [0, 0.05) is 31.0 Å². The Kier molecular flexibility index (Phi) is 9.80. The summed E-state index contributed by atoms with van der Waals surface area (Å²) in [5.41, 5.74) is -0.248. The van der Waals surface area contributed by atoms with Crippen molar-refractivity contribution in [1.82, 2.24) is 20.0 Å². The van der Waals surface area contributed by atoms with Crippen molar-refractivity contribution in [3.8, 4) is 11.4 Å². The SMILES string of the molecule is CC(=O)OCC1O[C@H](Sc2cc(Cl)c(Cl)c(Cl)c2)[C@@H](OC(C)=O)C(n2cc(-c3csc(=O)[nH]3)nn2)[C@H]1OC(C)=O. The minimum absolute atomic E-state index is 0.163. The highest BCUT2D eigenvalue weighted by Crippen LogP contribution is 2.43. The number of carbonyl (C=O) groups excluding carboxylic acids is 3. The Balaban J connectivity index is 1.81. The highest BCUT2D eigenvalue weighted by atomic mass is 35.5. The number of benzene rings is 1. The lowest BCUT2D eigenvalue weighted by Gasteiger charge is -2.44. The van der Waals surface area contributed by atoms with Gasteiger partial charge >= 0.3 is 22.8 Å². The zero-order valence-electron chi connectivity index (χ0n) is 21.0. The first kappa shape index (κ1) is 30.3. The minimum atomic E-state index is -1.15. The molecule has 2 unspecified atom stereocenters. The largest absolute Gasteiger partial charge is 0.463 e. The third-order valence-corrected chi connectivity index (χ3v) is 8.48. The van der Waals surface area contributed by atoms with Crippen molar-refractivity contribution in [2.75, 3.05) is 6.61 Å². The van der Waals surface area contributed by atoms with Crippen LogP contribution in [0, 0.1) is 0 Å². The van der Waals surface area contributed by atoms with Gasteiger partial charge in [-0.25, -0.2) is 4.68 Å². The van der Waals surface area contributed by atoms with Crippen LogP contribution in [0.25, 0.3) is 11.4 Å². The number of ether oxygens (including phenoxy) is 4. The second-order valence-corrected chi connectivity index (χ2v) is 11.7. The van der Waals surface area contributed by atoms with Crippen molar-refractivity contribution in [3.63, 3.8) is 0 Å². The van der Waals surface area contributed by atoms with Crippen LogP contribution < -0.4 is 4.87 Å². The summed E-state index contributed by atoms with van der Waals surface area (Å²) in [6, 6.07) is 2.11. The average Bonchev–Trinajstić information content (AvgIpc) is 3.51. The number of nitrogens with one attached hydrogen (secondary N) is 1. The highest BCUT2D eigenvalue weighted by Gasteiger charge is 2.52. The number of thioether (sulfide) groups is 1. The quantitative estimate of drug-likeness (QED) is 0.213. The lowest BCUT2D eigenvalue weighted by molar-refractivity contribution is -0.212. The van der Waals surface area contributed by atoms with Gasteiger partial charge in [-0.05, 0) is 12.1 Å². The van der Waals surface area contributed by atoms with Gasteiger partial charge in [-0.2, -0.15) is 0 Å². The molecule has 2 aromatic heterocycles. The highest BCUT2D eigenvalue weighted by molar-refractivity contribution is 7.99. The number of aromatic nitrogens is 4. The van der Waals surface area contributed by atoms with Gasteiger partial charge in [-0.15, -0.1) is 5.10 Å². The van der Waals surface area contributed by atoms with Crippen molar-refractivity contribution in [2.24, 2.45) is 0 Å². The summed E-state index contributed by atoms with van der Waals surface area (Å²) in [6.45, 7) is 3.33. The Labute approximate surface area is 250 Å². The van der Waals surface area contributed by atoms with Crippen molar-refractivity contribution in [3.05, 3.63) is 48.4 Å². The summed E-state index contributed by atoms with van der Waals surface area (Å²) < 4.78 is 24.1. The Morgan fingerprint density at radius 3 is 2.30 bits per heavy atom. The standard InChI is InChI=1S/C23H21Cl3N4O8S2/c1-9(31)35-7-17-20(36-10(2)32)19(30-6-15(28-29-30)16-8-39-23(34)27-16)21(37-11(3)33)22(38-17)40-12-4-13(24)18(26)14(25)5-12/h4-6,8,17,19-22H,7H2,1-3H3,(H,27,34)/t17?,19?,20-,21-,22+/m0/s1. The maximum Gasteiger partial charge on any atom is 0.304 e. The molecule has 1 fully saturated rings. The monoisotopic (exact) mass is 650 g/mol. The van der Waals surface area contributed by atoms with E-state index in [2.05, 4.69) is 15.3 Å². The molecule has 1 aliphatic rings. The number of nitrogens with zero attached hydrogens (tertiary/aromatic N) is 3. The number of carbonyl (C=O) groups is 3. The van der Waals surface area contributed by atoms with Crippen LogP contribution in [0.3, 0.4) is 0 Å². The third kappa shape index (κ3) is 7.17. The molecule has 4 rings (SSSR count). The van der Waals surface area contributed by atoms with Crippen LogP contribution in [0.2, 0.25) is 15.1 Å². The molecule has 0 aliphatic carbocycles. The maximum atomic E-state index is 12.3. The van der Waals surface area contributed by atoms with Crippen molar-refractivity contribution >= 4 is 75.8 Å². The van der Waals surface area contributed by atoms with E-state index in [0.29, 0.717) is 16.3 Å². The predicted molar refractivity (Wildman–Crippen MR) is 147 cm³/mol. The van der Waals surface area contributed by atoms with E-state index in [-0.39, 0.29) is 26.5 Å². The van der Waals surface area contributed by atoms with Gasteiger partial charge in [0.2, 0.25) is 0 Å². The summed E-state index contributed by atoms with van der Waals surface area (Å²) in [5, 5.41) is 10.4. The zero-order chi connectivity index (χ0) is 29.1. The number of thiazole rings is 1. The van der Waals surface area contributed by atoms with Crippen molar-refractivity contribution in [2.45, 2.75) is 55.5 Å². The van der Waals surface area contributed by atoms with E-state index < -0.39 is 47.7 Å². The Bertz CT molecular complexity index is 1450. The lowest BCUT2D eigenvalue weighted by atomic mass is 9.96. The summed E-state index contributed by atoms with van der Waals surface area (Å²) in [7, 11) is 0. The van der Waals surface area contributed by atoms with Crippen molar-refractivity contribution in [1.29, 1.82) is 0 Å². The number of hydrogen-bond acceptors (Lipinski definition) is 12. The first-order valence-electron chi connectivity index (χ1n) is 11.5. The van der Waals surface area contributed by atoms with E-state index in [9.17, 15) is 19.2 Å². The van der Waals surface area contributed by atoms with Gasteiger partial charge in [0.25, 0.3) is 0 Å². The predicted octanol–water partition coefficient (Wildman–Crippen LogP) is 4.14. The van der Waals surface area contributed by atoms with Gasteiger partial charge < -0.3 is 23.9 Å². The molecular formula is C23H21Cl3N4O8S2. The number of aromatic amines is 1. The molecule has 40 heavy (non-hydrogen) atoms. The maximum absolute atomic E-state index is 12.3. The molecule has 1 aromatic carbocycles. The molecular weight excluding hydrogens is 631 g/mol. The Morgan fingerprint density at radius 1 is 1.07 bits per heavy atom. The van der Waals surface area contributed by atoms with Crippen LogP contribution in [0.4, 0.5) is 0 Å². The Hall–Kier alpha value is -2.62. The van der Waals surface area contributed by atoms with Crippen LogP contribution in [0.1, 0.15) is 26.8 Å². The molecule has 0 amide bonds. The summed E-state index contributed by atoms with van der Waals surface area (Å²) in [6.07, 6.45) is -1.79. The molecule has 0 bridgehead atoms. The molecule has 0 radical (unpaired) electrons. The first-order chi connectivity index (χ1) is 18.9. The normalized spacial score (nSPS) is 22.5. The molecule has 3 heterocycles. The molecule has 12 nitrogen and oxygen atoms in total. The average molecular weight is 652 g/mol. The van der Waals surface area contributed by atoms with Gasteiger partial charge in [-0.3, -0.25) is 19.2 Å². The van der Waals surface area contributed by atoms with E-state index in [1.54, 1.807) is 17.5 Å². The van der Waals surface area contributed by atoms with Gasteiger partial charge in [0.1, 0.15) is 29.9 Å². The first-order valence-corrected chi connectivity index (χ1v) is 14.4. The van der Waals surface area contributed by atoms with E-state index in [1.807, 2.05) is 0 Å². The molecule has 0 saturated carbocycles. The van der Waals surface area contributed by atoms with Gasteiger partial charge in [0.05, 0.1) is 27.0 Å². The number of halogens is 3.